The molecule has 0 bridgehead atoms. The van der Waals surface area contributed by atoms with E-state index in [0.29, 0.717) is 16.9 Å². The highest BCUT2D eigenvalue weighted by atomic mass is 16.4. The SMILES string of the molecule is CC(C)C1CN(c2ccc3nccc(C(=O)O)c3c2)C1. The Morgan fingerprint density at radius 1 is 1.35 bits per heavy atom. The number of fused-ring (bicyclic) bond motifs is 1. The van der Waals surface area contributed by atoms with Crippen LogP contribution in [-0.2, 0) is 0 Å². The monoisotopic (exact) mass is 270 g/mol. The molecule has 4 nitrogen and oxygen atoms in total. The number of carboxylic acids is 1. The van der Waals surface area contributed by atoms with Crippen LogP contribution >= 0.6 is 0 Å². The number of anilines is 1. The molecule has 20 heavy (non-hydrogen) atoms. The quantitative estimate of drug-likeness (QED) is 0.931. The highest BCUT2D eigenvalue weighted by Crippen LogP contribution is 2.31. The molecule has 0 spiro atoms. The largest absolute Gasteiger partial charge is 0.478 e. The number of carbonyl (C=O) groups is 1. The lowest BCUT2D eigenvalue weighted by Gasteiger charge is -2.43. The first kappa shape index (κ1) is 12.9. The number of rotatable bonds is 3. The van der Waals surface area contributed by atoms with Crippen LogP contribution in [0, 0.1) is 11.8 Å². The second kappa shape index (κ2) is 4.78. The Morgan fingerprint density at radius 3 is 2.75 bits per heavy atom. The molecular formula is C16H18N2O2. The average molecular weight is 270 g/mol. The molecule has 2 aromatic rings. The van der Waals surface area contributed by atoms with Crippen LogP contribution in [0.5, 0.6) is 0 Å². The molecule has 0 aliphatic carbocycles. The van der Waals surface area contributed by atoms with Gasteiger partial charge in [-0.05, 0) is 36.1 Å². The number of aromatic nitrogens is 1. The van der Waals surface area contributed by atoms with Gasteiger partial charge >= 0.3 is 5.97 Å². The van der Waals surface area contributed by atoms with E-state index in [1.54, 1.807) is 12.3 Å². The van der Waals surface area contributed by atoms with Gasteiger partial charge in [0.2, 0.25) is 0 Å². The molecule has 0 radical (unpaired) electrons. The predicted molar refractivity (Wildman–Crippen MR) is 79.2 cm³/mol. The number of nitrogens with zero attached hydrogens (tertiary/aromatic N) is 2. The molecule has 1 aliphatic heterocycles. The molecule has 3 rings (SSSR count). The summed E-state index contributed by atoms with van der Waals surface area (Å²) < 4.78 is 0. The second-order valence-electron chi connectivity index (χ2n) is 5.77. The number of carboxylic acid groups (broad SMARTS) is 1. The summed E-state index contributed by atoms with van der Waals surface area (Å²) in [5, 5.41) is 9.97. The number of aromatic carboxylic acids is 1. The summed E-state index contributed by atoms with van der Waals surface area (Å²) in [5.74, 6) is 0.528. The minimum atomic E-state index is -0.904. The normalized spacial score (nSPS) is 15.7. The molecule has 4 heteroatoms. The molecule has 1 aromatic heterocycles. The van der Waals surface area contributed by atoms with Gasteiger partial charge in [-0.25, -0.2) is 4.79 Å². The van der Waals surface area contributed by atoms with E-state index < -0.39 is 5.97 Å². The van der Waals surface area contributed by atoms with E-state index in [-0.39, 0.29) is 0 Å². The summed E-state index contributed by atoms with van der Waals surface area (Å²) in [5.41, 5.74) is 2.14. The summed E-state index contributed by atoms with van der Waals surface area (Å²) in [4.78, 5) is 17.8. The van der Waals surface area contributed by atoms with E-state index in [9.17, 15) is 9.90 Å². The van der Waals surface area contributed by atoms with E-state index in [2.05, 4.69) is 23.7 Å². The minimum absolute atomic E-state index is 0.317. The fourth-order valence-corrected chi connectivity index (χ4v) is 2.66. The van der Waals surface area contributed by atoms with Crippen LogP contribution in [-0.4, -0.2) is 29.1 Å². The lowest BCUT2D eigenvalue weighted by molar-refractivity contribution is 0.0699. The molecule has 104 valence electrons. The zero-order chi connectivity index (χ0) is 14.3. The Hall–Kier alpha value is -2.10. The van der Waals surface area contributed by atoms with Gasteiger partial charge in [0, 0.05) is 30.4 Å². The first-order valence-electron chi connectivity index (χ1n) is 6.93. The van der Waals surface area contributed by atoms with Gasteiger partial charge in [0.25, 0.3) is 0 Å². The third kappa shape index (κ3) is 2.11. The highest BCUT2D eigenvalue weighted by Gasteiger charge is 2.29. The highest BCUT2D eigenvalue weighted by molar-refractivity contribution is 6.03. The third-order valence-corrected chi connectivity index (χ3v) is 4.17. The van der Waals surface area contributed by atoms with Crippen molar-refractivity contribution in [3.8, 4) is 0 Å². The second-order valence-corrected chi connectivity index (χ2v) is 5.77. The summed E-state index contributed by atoms with van der Waals surface area (Å²) in [7, 11) is 0. The molecule has 1 saturated heterocycles. The van der Waals surface area contributed by atoms with Gasteiger partial charge in [-0.3, -0.25) is 4.98 Å². The van der Waals surface area contributed by atoms with Gasteiger partial charge in [-0.2, -0.15) is 0 Å². The zero-order valence-corrected chi connectivity index (χ0v) is 11.7. The van der Waals surface area contributed by atoms with Crippen molar-refractivity contribution in [2.24, 2.45) is 11.8 Å². The van der Waals surface area contributed by atoms with Crippen LogP contribution in [0.25, 0.3) is 10.9 Å². The third-order valence-electron chi connectivity index (χ3n) is 4.17. The van der Waals surface area contributed by atoms with E-state index in [4.69, 9.17) is 0 Å². The Morgan fingerprint density at radius 2 is 2.10 bits per heavy atom. The minimum Gasteiger partial charge on any atom is -0.478 e. The van der Waals surface area contributed by atoms with Crippen molar-refractivity contribution in [1.82, 2.24) is 4.98 Å². The summed E-state index contributed by atoms with van der Waals surface area (Å²) >= 11 is 0. The van der Waals surface area contributed by atoms with Crippen molar-refractivity contribution in [2.45, 2.75) is 13.8 Å². The zero-order valence-electron chi connectivity index (χ0n) is 11.7. The average Bonchev–Trinajstić information content (AvgIpc) is 2.35. The fraction of sp³-hybridized carbons (Fsp3) is 0.375. The van der Waals surface area contributed by atoms with Crippen molar-refractivity contribution in [3.05, 3.63) is 36.0 Å². The molecule has 1 N–H and O–H groups in total. The van der Waals surface area contributed by atoms with Gasteiger partial charge in [0.15, 0.2) is 0 Å². The Kier molecular flexibility index (Phi) is 3.08. The first-order valence-corrected chi connectivity index (χ1v) is 6.93. The van der Waals surface area contributed by atoms with Gasteiger partial charge in [0.05, 0.1) is 11.1 Å². The lowest BCUT2D eigenvalue weighted by Crippen LogP contribution is -2.49. The van der Waals surface area contributed by atoms with E-state index >= 15 is 0 Å². The Balaban J connectivity index is 1.95. The van der Waals surface area contributed by atoms with Crippen LogP contribution < -0.4 is 4.90 Å². The van der Waals surface area contributed by atoms with Gasteiger partial charge in [-0.1, -0.05) is 13.8 Å². The topological polar surface area (TPSA) is 53.4 Å². The fourth-order valence-electron chi connectivity index (χ4n) is 2.66. The van der Waals surface area contributed by atoms with Gasteiger partial charge in [-0.15, -0.1) is 0 Å². The molecule has 0 amide bonds. The van der Waals surface area contributed by atoms with E-state index in [1.165, 1.54) is 0 Å². The molecule has 0 unspecified atom stereocenters. The van der Waals surface area contributed by atoms with Crippen LogP contribution in [0.2, 0.25) is 0 Å². The molecular weight excluding hydrogens is 252 g/mol. The van der Waals surface area contributed by atoms with Crippen molar-refractivity contribution in [2.75, 3.05) is 18.0 Å². The van der Waals surface area contributed by atoms with E-state index in [1.807, 2.05) is 18.2 Å². The van der Waals surface area contributed by atoms with Crippen LogP contribution in [0.4, 0.5) is 5.69 Å². The molecule has 1 fully saturated rings. The Bertz CT molecular complexity index is 661. The van der Waals surface area contributed by atoms with Gasteiger partial charge < -0.3 is 10.0 Å². The van der Waals surface area contributed by atoms with Crippen molar-refractivity contribution < 1.29 is 9.90 Å². The summed E-state index contributed by atoms with van der Waals surface area (Å²) in [6.45, 7) is 6.58. The Labute approximate surface area is 118 Å². The maximum Gasteiger partial charge on any atom is 0.336 e. The van der Waals surface area contributed by atoms with Crippen molar-refractivity contribution >= 4 is 22.6 Å². The predicted octanol–water partition coefficient (Wildman–Crippen LogP) is 3.03. The summed E-state index contributed by atoms with van der Waals surface area (Å²) in [6.07, 6.45) is 1.55. The maximum absolute atomic E-state index is 11.3. The molecule has 0 atom stereocenters. The van der Waals surface area contributed by atoms with Crippen LogP contribution in [0.1, 0.15) is 24.2 Å². The lowest BCUT2D eigenvalue weighted by atomic mass is 9.88. The van der Waals surface area contributed by atoms with E-state index in [0.717, 1.165) is 30.2 Å². The number of hydrogen-bond acceptors (Lipinski definition) is 3. The smallest absolute Gasteiger partial charge is 0.336 e. The van der Waals surface area contributed by atoms with Crippen molar-refractivity contribution in [3.63, 3.8) is 0 Å². The number of benzene rings is 1. The molecule has 1 aromatic carbocycles. The number of pyridine rings is 1. The molecule has 0 saturated carbocycles. The van der Waals surface area contributed by atoms with Crippen LogP contribution in [0.15, 0.2) is 30.5 Å². The van der Waals surface area contributed by atoms with Crippen LogP contribution in [0.3, 0.4) is 0 Å². The van der Waals surface area contributed by atoms with Crippen molar-refractivity contribution in [1.29, 1.82) is 0 Å². The first-order chi connectivity index (χ1) is 9.56. The molecule has 2 heterocycles. The summed E-state index contributed by atoms with van der Waals surface area (Å²) in [6, 6.07) is 7.43. The molecule has 1 aliphatic rings. The standard InChI is InChI=1S/C16H18N2O2/c1-10(2)11-8-18(9-11)12-3-4-15-14(7-12)13(16(19)20)5-6-17-15/h3-7,10-11H,8-9H2,1-2H3,(H,19,20). The maximum atomic E-state index is 11.3. The number of hydrogen-bond donors (Lipinski definition) is 1. The van der Waals surface area contributed by atoms with Gasteiger partial charge in [0.1, 0.15) is 0 Å².